The third-order valence-corrected chi connectivity index (χ3v) is 4.78. The van der Waals surface area contributed by atoms with Crippen LogP contribution >= 0.6 is 0 Å². The fourth-order valence-corrected chi connectivity index (χ4v) is 3.14. The molecule has 0 atom stereocenters. The van der Waals surface area contributed by atoms with E-state index in [0.29, 0.717) is 12.1 Å². The minimum atomic E-state index is -0.128. The number of pyridine rings is 1. The van der Waals surface area contributed by atoms with Gasteiger partial charge in [0.2, 0.25) is 0 Å². The Hall–Kier alpha value is -2.82. The summed E-state index contributed by atoms with van der Waals surface area (Å²) in [6.45, 7) is 1.35. The molecule has 0 fully saturated rings. The Kier molecular flexibility index (Phi) is 6.85. The summed E-state index contributed by atoms with van der Waals surface area (Å²) in [7, 11) is 1.63. The number of ether oxygens (including phenoxy) is 1. The molecule has 0 radical (unpaired) electrons. The number of rotatable bonds is 8. The zero-order valence-corrected chi connectivity index (χ0v) is 15.8. The zero-order chi connectivity index (χ0) is 18.9. The van der Waals surface area contributed by atoms with E-state index in [1.54, 1.807) is 24.9 Å². The smallest absolute Gasteiger partial charge is 0.253 e. The Balaban J connectivity index is 1.44. The molecule has 2 N–H and O–H groups in total. The number of methoxy groups -OCH3 is 1. The van der Waals surface area contributed by atoms with Gasteiger partial charge < -0.3 is 15.4 Å². The van der Waals surface area contributed by atoms with Crippen molar-refractivity contribution in [3.8, 4) is 5.75 Å². The van der Waals surface area contributed by atoms with E-state index in [4.69, 9.17) is 4.74 Å². The molecule has 1 aliphatic carbocycles. The minimum Gasteiger partial charge on any atom is -0.497 e. The van der Waals surface area contributed by atoms with Gasteiger partial charge in [0.15, 0.2) is 0 Å². The lowest BCUT2D eigenvalue weighted by molar-refractivity contribution is 0.0950. The van der Waals surface area contributed by atoms with Crippen LogP contribution in [0.4, 0.5) is 5.82 Å². The molecule has 3 rings (SSSR count). The summed E-state index contributed by atoms with van der Waals surface area (Å²) >= 11 is 0. The van der Waals surface area contributed by atoms with Gasteiger partial charge in [0.05, 0.1) is 12.7 Å². The second-order valence-corrected chi connectivity index (χ2v) is 6.75. The number of hydrogen-bond donors (Lipinski definition) is 2. The van der Waals surface area contributed by atoms with E-state index in [1.807, 2.05) is 30.3 Å². The number of allylic oxidation sites excluding steroid dienone is 1. The Bertz CT molecular complexity index is 767. The van der Waals surface area contributed by atoms with E-state index in [9.17, 15) is 4.79 Å². The van der Waals surface area contributed by atoms with Gasteiger partial charge in [0.25, 0.3) is 5.91 Å². The zero-order valence-electron chi connectivity index (χ0n) is 15.8. The summed E-state index contributed by atoms with van der Waals surface area (Å²) in [4.78, 5) is 16.6. The van der Waals surface area contributed by atoms with Gasteiger partial charge in [-0.25, -0.2) is 4.98 Å². The molecular formula is C22H27N3O2. The number of nitrogens with one attached hydrogen (secondary N) is 2. The number of amides is 1. The molecule has 2 aromatic rings. The second kappa shape index (κ2) is 9.76. The molecule has 1 aromatic carbocycles. The van der Waals surface area contributed by atoms with Crippen LogP contribution in [0.1, 0.15) is 48.0 Å². The molecular weight excluding hydrogens is 338 g/mol. The molecule has 0 saturated heterocycles. The lowest BCUT2D eigenvalue weighted by atomic mass is 9.97. The van der Waals surface area contributed by atoms with Crippen molar-refractivity contribution in [3.63, 3.8) is 0 Å². The van der Waals surface area contributed by atoms with Gasteiger partial charge in [-0.2, -0.15) is 0 Å². The monoisotopic (exact) mass is 365 g/mol. The normalized spacial score (nSPS) is 13.6. The topological polar surface area (TPSA) is 63.2 Å². The van der Waals surface area contributed by atoms with Gasteiger partial charge in [0.1, 0.15) is 11.6 Å². The first-order valence-corrected chi connectivity index (χ1v) is 9.53. The van der Waals surface area contributed by atoms with E-state index in [0.717, 1.165) is 30.1 Å². The molecule has 142 valence electrons. The summed E-state index contributed by atoms with van der Waals surface area (Å²) in [6, 6.07) is 11.3. The number of nitrogens with zero attached hydrogens (tertiary/aromatic N) is 1. The Morgan fingerprint density at radius 2 is 2.00 bits per heavy atom. The van der Waals surface area contributed by atoms with Crippen LogP contribution in [0.2, 0.25) is 0 Å². The van der Waals surface area contributed by atoms with Crippen LogP contribution in [0.25, 0.3) is 0 Å². The van der Waals surface area contributed by atoms with Crippen molar-refractivity contribution in [2.45, 2.75) is 38.6 Å². The molecule has 0 spiro atoms. The van der Waals surface area contributed by atoms with Crippen LogP contribution in [0.5, 0.6) is 5.75 Å². The minimum absolute atomic E-state index is 0.128. The Labute approximate surface area is 160 Å². The summed E-state index contributed by atoms with van der Waals surface area (Å²) in [5, 5.41) is 6.24. The first-order valence-electron chi connectivity index (χ1n) is 9.53. The van der Waals surface area contributed by atoms with Crippen LogP contribution in [0.15, 0.2) is 54.2 Å². The molecule has 1 amide bonds. The van der Waals surface area contributed by atoms with Gasteiger partial charge in [-0.15, -0.1) is 0 Å². The molecule has 0 bridgehead atoms. The summed E-state index contributed by atoms with van der Waals surface area (Å²) in [6.07, 6.45) is 10.1. The van der Waals surface area contributed by atoms with Crippen LogP contribution in [0.3, 0.4) is 0 Å². The van der Waals surface area contributed by atoms with Crippen LogP contribution in [-0.2, 0) is 6.54 Å². The van der Waals surface area contributed by atoms with Crippen LogP contribution in [-0.4, -0.2) is 24.5 Å². The molecule has 5 heteroatoms. The maximum absolute atomic E-state index is 12.3. The number of benzene rings is 1. The summed E-state index contributed by atoms with van der Waals surface area (Å²) in [5.74, 6) is 1.48. The number of carbonyl (C=O) groups excluding carboxylic acids is 1. The first kappa shape index (κ1) is 19.0. The van der Waals surface area contributed by atoms with Crippen molar-refractivity contribution in [2.24, 2.45) is 0 Å². The van der Waals surface area contributed by atoms with Crippen molar-refractivity contribution in [1.29, 1.82) is 0 Å². The quantitative estimate of drug-likeness (QED) is 0.684. The van der Waals surface area contributed by atoms with E-state index in [2.05, 4.69) is 21.7 Å². The number of aromatic nitrogens is 1. The lowest BCUT2D eigenvalue weighted by Gasteiger charge is -2.13. The average Bonchev–Trinajstić information content (AvgIpc) is 2.73. The SMILES string of the molecule is COc1ccc(CNC(=O)c2ccc(NCCC3=CCCCC3)nc2)cc1. The fourth-order valence-electron chi connectivity index (χ4n) is 3.14. The Morgan fingerprint density at radius 1 is 1.15 bits per heavy atom. The van der Waals surface area contributed by atoms with Crippen LogP contribution < -0.4 is 15.4 Å². The van der Waals surface area contributed by atoms with Crippen molar-refractivity contribution < 1.29 is 9.53 Å². The predicted octanol–water partition coefficient (Wildman–Crippen LogP) is 4.32. The number of carbonyl (C=O) groups is 1. The van der Waals surface area contributed by atoms with E-state index in [1.165, 1.54) is 25.7 Å². The lowest BCUT2D eigenvalue weighted by Crippen LogP contribution is -2.23. The molecule has 27 heavy (non-hydrogen) atoms. The molecule has 1 heterocycles. The van der Waals surface area contributed by atoms with Crippen molar-refractivity contribution >= 4 is 11.7 Å². The molecule has 1 aliphatic rings. The van der Waals surface area contributed by atoms with E-state index < -0.39 is 0 Å². The highest BCUT2D eigenvalue weighted by atomic mass is 16.5. The highest BCUT2D eigenvalue weighted by Crippen LogP contribution is 2.20. The van der Waals surface area contributed by atoms with E-state index >= 15 is 0 Å². The van der Waals surface area contributed by atoms with Crippen molar-refractivity contribution in [2.75, 3.05) is 19.0 Å². The highest BCUT2D eigenvalue weighted by Gasteiger charge is 2.07. The molecule has 5 nitrogen and oxygen atoms in total. The third kappa shape index (κ3) is 5.84. The van der Waals surface area contributed by atoms with Gasteiger partial charge in [-0.3, -0.25) is 4.79 Å². The van der Waals surface area contributed by atoms with Gasteiger partial charge >= 0.3 is 0 Å². The largest absolute Gasteiger partial charge is 0.497 e. The van der Waals surface area contributed by atoms with Gasteiger partial charge in [0, 0.05) is 19.3 Å². The van der Waals surface area contributed by atoms with E-state index in [-0.39, 0.29) is 5.91 Å². The van der Waals surface area contributed by atoms with Crippen molar-refractivity contribution in [3.05, 3.63) is 65.4 Å². The van der Waals surface area contributed by atoms with Crippen molar-refractivity contribution in [1.82, 2.24) is 10.3 Å². The third-order valence-electron chi connectivity index (χ3n) is 4.78. The van der Waals surface area contributed by atoms with Crippen LogP contribution in [0, 0.1) is 0 Å². The van der Waals surface area contributed by atoms with Gasteiger partial charge in [-0.1, -0.05) is 23.8 Å². The average molecular weight is 365 g/mol. The Morgan fingerprint density at radius 3 is 2.67 bits per heavy atom. The maximum atomic E-state index is 12.3. The molecule has 0 saturated carbocycles. The van der Waals surface area contributed by atoms with Gasteiger partial charge in [-0.05, 0) is 61.9 Å². The maximum Gasteiger partial charge on any atom is 0.253 e. The molecule has 1 aromatic heterocycles. The predicted molar refractivity (Wildman–Crippen MR) is 108 cm³/mol. The summed E-state index contributed by atoms with van der Waals surface area (Å²) < 4.78 is 5.13. The standard InChI is InChI=1S/C22H27N3O2/c1-27-20-10-7-18(8-11-20)15-25-22(26)19-9-12-21(24-16-19)23-14-13-17-5-3-2-4-6-17/h5,7-12,16H,2-4,6,13-15H2,1H3,(H,23,24)(H,25,26). The highest BCUT2D eigenvalue weighted by molar-refractivity contribution is 5.94. The number of anilines is 1. The first-order chi connectivity index (χ1) is 13.2. The molecule has 0 aliphatic heterocycles. The second-order valence-electron chi connectivity index (χ2n) is 6.75. The summed E-state index contributed by atoms with van der Waals surface area (Å²) in [5.41, 5.74) is 3.12. The molecule has 0 unspecified atom stereocenters. The number of hydrogen-bond acceptors (Lipinski definition) is 4. The fraction of sp³-hybridized carbons (Fsp3) is 0.364.